The van der Waals surface area contributed by atoms with Crippen LogP contribution in [0.25, 0.3) is 0 Å². The molecule has 3 rings (SSSR count). The zero-order valence-corrected chi connectivity index (χ0v) is 12.1. The molecule has 108 valence electrons. The quantitative estimate of drug-likeness (QED) is 0.676. The van der Waals surface area contributed by atoms with Gasteiger partial charge in [-0.1, -0.05) is 18.2 Å². The lowest BCUT2D eigenvalue weighted by Crippen LogP contribution is -2.50. The van der Waals surface area contributed by atoms with Crippen LogP contribution in [0.5, 0.6) is 0 Å². The van der Waals surface area contributed by atoms with E-state index in [0.29, 0.717) is 42.8 Å². The monoisotopic (exact) mass is 293 g/mol. The summed E-state index contributed by atoms with van der Waals surface area (Å²) in [5.41, 5.74) is 0. The molecule has 1 N–H and O–H groups in total. The van der Waals surface area contributed by atoms with Crippen molar-refractivity contribution < 1.29 is 8.42 Å². The Hall–Kier alpha value is -1.40. The van der Waals surface area contributed by atoms with Gasteiger partial charge in [0.25, 0.3) is 0 Å². The fourth-order valence-electron chi connectivity index (χ4n) is 2.53. The summed E-state index contributed by atoms with van der Waals surface area (Å²) in [7, 11) is -3.38. The zero-order valence-electron chi connectivity index (χ0n) is 11.3. The van der Waals surface area contributed by atoms with E-state index in [0.717, 1.165) is 12.8 Å². The van der Waals surface area contributed by atoms with Crippen molar-refractivity contribution in [3.63, 3.8) is 0 Å². The summed E-state index contributed by atoms with van der Waals surface area (Å²) in [4.78, 5) is 2.38. The molecule has 1 aliphatic heterocycles. The first kappa shape index (κ1) is 13.6. The van der Waals surface area contributed by atoms with Crippen molar-refractivity contribution in [2.75, 3.05) is 26.2 Å². The smallest absolute Gasteiger partial charge is 0.243 e. The van der Waals surface area contributed by atoms with Crippen LogP contribution in [-0.4, -0.2) is 49.6 Å². The molecular formula is C14H19N3O2S. The number of amidine groups is 1. The van der Waals surface area contributed by atoms with Crippen LogP contribution in [0, 0.1) is 11.3 Å². The van der Waals surface area contributed by atoms with Gasteiger partial charge >= 0.3 is 0 Å². The highest BCUT2D eigenvalue weighted by Crippen LogP contribution is 2.31. The SMILES string of the molecule is N=C(C1CC1)N1CCN(S(=O)(=O)c2ccccc2)CC1. The molecule has 0 spiro atoms. The van der Waals surface area contributed by atoms with E-state index in [1.54, 1.807) is 24.3 Å². The van der Waals surface area contributed by atoms with Crippen LogP contribution in [0.1, 0.15) is 12.8 Å². The van der Waals surface area contributed by atoms with Gasteiger partial charge in [-0.05, 0) is 25.0 Å². The Morgan fingerprint density at radius 2 is 1.65 bits per heavy atom. The number of nitrogens with zero attached hydrogens (tertiary/aromatic N) is 2. The highest BCUT2D eigenvalue weighted by molar-refractivity contribution is 7.89. The van der Waals surface area contributed by atoms with Crippen molar-refractivity contribution in [1.29, 1.82) is 5.41 Å². The average Bonchev–Trinajstić information content (AvgIpc) is 3.32. The van der Waals surface area contributed by atoms with Crippen LogP contribution in [0.4, 0.5) is 0 Å². The maximum atomic E-state index is 12.5. The Balaban J connectivity index is 1.67. The number of hydrogen-bond acceptors (Lipinski definition) is 3. The van der Waals surface area contributed by atoms with Gasteiger partial charge in [0.05, 0.1) is 10.7 Å². The highest BCUT2D eigenvalue weighted by Gasteiger charge is 2.34. The summed E-state index contributed by atoms with van der Waals surface area (Å²) >= 11 is 0. The predicted octanol–water partition coefficient (Wildman–Crippen LogP) is 1.38. The molecule has 2 aliphatic rings. The van der Waals surface area contributed by atoms with Crippen LogP contribution in [0.3, 0.4) is 0 Å². The first-order valence-corrected chi connectivity index (χ1v) is 8.41. The molecule has 5 nitrogen and oxygen atoms in total. The average molecular weight is 293 g/mol. The first-order valence-electron chi connectivity index (χ1n) is 6.97. The lowest BCUT2D eigenvalue weighted by molar-refractivity contribution is 0.260. The summed E-state index contributed by atoms with van der Waals surface area (Å²) in [6.07, 6.45) is 2.22. The molecule has 0 atom stereocenters. The van der Waals surface area contributed by atoms with Crippen molar-refractivity contribution >= 4 is 15.9 Å². The number of benzene rings is 1. The summed E-state index contributed by atoms with van der Waals surface area (Å²) in [6, 6.07) is 8.56. The third-order valence-corrected chi connectivity index (χ3v) is 5.84. The number of nitrogens with one attached hydrogen (secondary N) is 1. The molecule has 1 saturated carbocycles. The largest absolute Gasteiger partial charge is 0.358 e. The van der Waals surface area contributed by atoms with Crippen LogP contribution in [0.2, 0.25) is 0 Å². The predicted molar refractivity (Wildman–Crippen MR) is 77.2 cm³/mol. The number of piperazine rings is 1. The van der Waals surface area contributed by atoms with Crippen molar-refractivity contribution in [2.45, 2.75) is 17.7 Å². The number of hydrogen-bond donors (Lipinski definition) is 1. The molecule has 1 aliphatic carbocycles. The second-order valence-corrected chi connectivity index (χ2v) is 7.30. The van der Waals surface area contributed by atoms with Gasteiger partial charge in [0, 0.05) is 32.1 Å². The molecule has 0 unspecified atom stereocenters. The van der Waals surface area contributed by atoms with E-state index >= 15 is 0 Å². The van der Waals surface area contributed by atoms with Crippen molar-refractivity contribution in [3.8, 4) is 0 Å². The van der Waals surface area contributed by atoms with Crippen molar-refractivity contribution in [2.24, 2.45) is 5.92 Å². The number of sulfonamides is 1. The van der Waals surface area contributed by atoms with E-state index in [1.807, 2.05) is 11.0 Å². The Morgan fingerprint density at radius 3 is 2.20 bits per heavy atom. The summed E-state index contributed by atoms with van der Waals surface area (Å²) in [5.74, 6) is 1.12. The molecule has 1 saturated heterocycles. The Bertz CT molecular complexity index is 588. The van der Waals surface area contributed by atoms with Crippen LogP contribution in [0.15, 0.2) is 35.2 Å². The molecular weight excluding hydrogens is 274 g/mol. The van der Waals surface area contributed by atoms with Crippen LogP contribution < -0.4 is 0 Å². The lowest BCUT2D eigenvalue weighted by Gasteiger charge is -2.35. The third-order valence-electron chi connectivity index (χ3n) is 3.92. The molecule has 6 heteroatoms. The van der Waals surface area contributed by atoms with Gasteiger partial charge in [0.15, 0.2) is 0 Å². The number of rotatable bonds is 3. The van der Waals surface area contributed by atoms with E-state index in [1.165, 1.54) is 4.31 Å². The molecule has 1 aromatic carbocycles. The highest BCUT2D eigenvalue weighted by atomic mass is 32.2. The van der Waals surface area contributed by atoms with Gasteiger partial charge in [0.2, 0.25) is 10.0 Å². The maximum Gasteiger partial charge on any atom is 0.243 e. The Labute approximate surface area is 119 Å². The summed E-state index contributed by atoms with van der Waals surface area (Å²) < 4.78 is 26.5. The lowest BCUT2D eigenvalue weighted by atomic mass is 10.3. The topological polar surface area (TPSA) is 64.5 Å². The second-order valence-electron chi connectivity index (χ2n) is 5.36. The molecule has 0 bridgehead atoms. The minimum Gasteiger partial charge on any atom is -0.358 e. The van der Waals surface area contributed by atoms with Crippen LogP contribution in [-0.2, 0) is 10.0 Å². The van der Waals surface area contributed by atoms with Gasteiger partial charge in [0.1, 0.15) is 0 Å². The standard InChI is InChI=1S/C14H19N3O2S/c15-14(12-6-7-12)16-8-10-17(11-9-16)20(18,19)13-4-2-1-3-5-13/h1-5,12,15H,6-11H2. The summed E-state index contributed by atoms with van der Waals surface area (Å²) in [6.45, 7) is 2.18. The fourth-order valence-corrected chi connectivity index (χ4v) is 3.97. The Kier molecular flexibility index (Phi) is 3.52. The van der Waals surface area contributed by atoms with Gasteiger partial charge in [-0.3, -0.25) is 5.41 Å². The molecule has 0 aromatic heterocycles. The minimum absolute atomic E-state index is 0.353. The first-order chi connectivity index (χ1) is 9.59. The van der Waals surface area contributed by atoms with E-state index in [9.17, 15) is 8.42 Å². The van der Waals surface area contributed by atoms with E-state index in [-0.39, 0.29) is 0 Å². The third kappa shape index (κ3) is 2.58. The molecule has 0 radical (unpaired) electrons. The van der Waals surface area contributed by atoms with E-state index in [4.69, 9.17) is 5.41 Å². The normalized spacial score (nSPS) is 20.9. The second kappa shape index (κ2) is 5.18. The molecule has 0 amide bonds. The van der Waals surface area contributed by atoms with Gasteiger partial charge in [-0.2, -0.15) is 4.31 Å². The zero-order chi connectivity index (χ0) is 14.2. The van der Waals surface area contributed by atoms with Crippen molar-refractivity contribution in [3.05, 3.63) is 30.3 Å². The fraction of sp³-hybridized carbons (Fsp3) is 0.500. The van der Waals surface area contributed by atoms with Crippen LogP contribution >= 0.6 is 0 Å². The van der Waals surface area contributed by atoms with Gasteiger partial charge < -0.3 is 4.90 Å². The minimum atomic E-state index is -3.38. The molecule has 1 aromatic rings. The summed E-state index contributed by atoms with van der Waals surface area (Å²) in [5, 5.41) is 8.04. The van der Waals surface area contributed by atoms with E-state index in [2.05, 4.69) is 0 Å². The van der Waals surface area contributed by atoms with E-state index < -0.39 is 10.0 Å². The molecule has 1 heterocycles. The van der Waals surface area contributed by atoms with Crippen molar-refractivity contribution in [1.82, 2.24) is 9.21 Å². The molecule has 20 heavy (non-hydrogen) atoms. The Morgan fingerprint density at radius 1 is 1.05 bits per heavy atom. The molecule has 2 fully saturated rings. The van der Waals surface area contributed by atoms with Gasteiger partial charge in [-0.15, -0.1) is 0 Å². The maximum absolute atomic E-state index is 12.5. The van der Waals surface area contributed by atoms with Gasteiger partial charge in [-0.25, -0.2) is 8.42 Å².